The number of anilines is 2. The van der Waals surface area contributed by atoms with Gasteiger partial charge in [0.25, 0.3) is 0 Å². The predicted octanol–water partition coefficient (Wildman–Crippen LogP) is 1.78. The van der Waals surface area contributed by atoms with Crippen LogP contribution in [0, 0.1) is 0 Å². The van der Waals surface area contributed by atoms with E-state index in [0.29, 0.717) is 6.54 Å². The fraction of sp³-hybridized carbons (Fsp3) is 0.385. The third kappa shape index (κ3) is 3.41. The highest BCUT2D eigenvalue weighted by Crippen LogP contribution is 2.20. The van der Waals surface area contributed by atoms with Gasteiger partial charge in [-0.05, 0) is 18.6 Å². The van der Waals surface area contributed by atoms with Gasteiger partial charge in [-0.25, -0.2) is 4.98 Å². The van der Waals surface area contributed by atoms with Crippen LogP contribution in [-0.4, -0.2) is 32.2 Å². The molecule has 0 radical (unpaired) electrons. The summed E-state index contributed by atoms with van der Waals surface area (Å²) in [5.74, 6) is 0.991. The minimum absolute atomic E-state index is 0.165. The number of nitrogens with zero attached hydrogens (tertiary/aromatic N) is 2. The lowest BCUT2D eigenvalue weighted by Crippen LogP contribution is -2.15. The zero-order chi connectivity index (χ0) is 13.8. The molecule has 19 heavy (non-hydrogen) atoms. The van der Waals surface area contributed by atoms with Gasteiger partial charge in [-0.15, -0.1) is 0 Å². The normalized spacial score (nSPS) is 14.2. The molecule has 1 heterocycles. The smallest absolute Gasteiger partial charge is 0.222 e. The largest absolute Gasteiger partial charge is 0.369 e. The molecule has 5 nitrogen and oxygen atoms in total. The van der Waals surface area contributed by atoms with Crippen molar-refractivity contribution in [2.24, 2.45) is 0 Å². The summed E-state index contributed by atoms with van der Waals surface area (Å²) in [6, 6.07) is 7.72. The Labute approximate surface area is 115 Å². The van der Waals surface area contributed by atoms with Crippen LogP contribution in [0.25, 0.3) is 10.9 Å². The highest BCUT2D eigenvalue weighted by molar-refractivity contribution is 7.84. The average molecular weight is 278 g/mol. The van der Waals surface area contributed by atoms with Crippen LogP contribution >= 0.6 is 0 Å². The van der Waals surface area contributed by atoms with Crippen LogP contribution in [0.4, 0.5) is 11.8 Å². The molecule has 6 heteroatoms. The van der Waals surface area contributed by atoms with Crippen molar-refractivity contribution in [3.8, 4) is 0 Å². The third-order valence-corrected chi connectivity index (χ3v) is 4.40. The average Bonchev–Trinajstić information content (AvgIpc) is 2.38. The standard InChI is InChI=1S/C13H18N4OS/c1-9(19(2)18)7-8-15-12-10-5-3-4-6-11(10)16-13(14)17-12/h3-6,9H,7-8H2,1-2H3,(H3,14,15,16,17). The van der Waals surface area contributed by atoms with Crippen LogP contribution in [0.5, 0.6) is 0 Å². The van der Waals surface area contributed by atoms with Crippen LogP contribution in [0.15, 0.2) is 24.3 Å². The van der Waals surface area contributed by atoms with Crippen LogP contribution in [-0.2, 0) is 10.8 Å². The van der Waals surface area contributed by atoms with Gasteiger partial charge in [0.15, 0.2) is 0 Å². The fourth-order valence-corrected chi connectivity index (χ4v) is 2.24. The van der Waals surface area contributed by atoms with Crippen LogP contribution in [0.2, 0.25) is 0 Å². The first kappa shape index (κ1) is 13.7. The second kappa shape index (κ2) is 5.97. The van der Waals surface area contributed by atoms with Crippen molar-refractivity contribution in [3.05, 3.63) is 24.3 Å². The van der Waals surface area contributed by atoms with E-state index in [1.165, 1.54) is 0 Å². The fourth-order valence-electron chi connectivity index (χ4n) is 1.79. The summed E-state index contributed by atoms with van der Waals surface area (Å²) >= 11 is 0. The molecular formula is C13H18N4OS. The molecule has 1 aromatic carbocycles. The summed E-state index contributed by atoms with van der Waals surface area (Å²) < 4.78 is 11.3. The van der Waals surface area contributed by atoms with Gasteiger partial charge in [0.05, 0.1) is 5.52 Å². The van der Waals surface area contributed by atoms with E-state index >= 15 is 0 Å². The van der Waals surface area contributed by atoms with Crippen molar-refractivity contribution < 1.29 is 4.21 Å². The quantitative estimate of drug-likeness (QED) is 0.871. The number of hydrogen-bond acceptors (Lipinski definition) is 5. The summed E-state index contributed by atoms with van der Waals surface area (Å²) in [5.41, 5.74) is 6.52. The SMILES string of the molecule is CC(CCNc1nc(N)nc2ccccc12)S(C)=O. The minimum Gasteiger partial charge on any atom is -0.369 e. The highest BCUT2D eigenvalue weighted by atomic mass is 32.2. The molecule has 1 aromatic heterocycles. The predicted molar refractivity (Wildman–Crippen MR) is 80.6 cm³/mol. The zero-order valence-corrected chi connectivity index (χ0v) is 11.9. The summed E-state index contributed by atoms with van der Waals surface area (Å²) in [6.07, 6.45) is 2.55. The van der Waals surface area contributed by atoms with Crippen molar-refractivity contribution in [1.29, 1.82) is 0 Å². The second-order valence-corrected chi connectivity index (χ2v) is 6.27. The summed E-state index contributed by atoms with van der Waals surface area (Å²) in [7, 11) is -0.797. The molecule has 0 aliphatic heterocycles. The van der Waals surface area contributed by atoms with Gasteiger partial charge in [-0.2, -0.15) is 4.98 Å². The van der Waals surface area contributed by atoms with Crippen molar-refractivity contribution in [2.45, 2.75) is 18.6 Å². The molecule has 3 N–H and O–H groups in total. The van der Waals surface area contributed by atoms with E-state index in [-0.39, 0.29) is 11.2 Å². The van der Waals surface area contributed by atoms with E-state index in [0.717, 1.165) is 23.1 Å². The van der Waals surface area contributed by atoms with Crippen LogP contribution in [0.1, 0.15) is 13.3 Å². The molecule has 2 atom stereocenters. The van der Waals surface area contributed by atoms with E-state index in [9.17, 15) is 4.21 Å². The van der Waals surface area contributed by atoms with Crippen molar-refractivity contribution in [1.82, 2.24) is 9.97 Å². The molecule has 0 fully saturated rings. The molecule has 2 unspecified atom stereocenters. The number of para-hydroxylation sites is 1. The summed E-state index contributed by atoms with van der Waals surface area (Å²) in [4.78, 5) is 8.41. The van der Waals surface area contributed by atoms with E-state index in [2.05, 4.69) is 15.3 Å². The molecule has 0 saturated carbocycles. The molecular weight excluding hydrogens is 260 g/mol. The highest BCUT2D eigenvalue weighted by Gasteiger charge is 2.08. The maximum Gasteiger partial charge on any atom is 0.222 e. The topological polar surface area (TPSA) is 80.9 Å². The number of rotatable bonds is 5. The Morgan fingerprint density at radius 3 is 2.84 bits per heavy atom. The molecule has 102 valence electrons. The molecule has 0 aliphatic carbocycles. The third-order valence-electron chi connectivity index (χ3n) is 3.03. The van der Waals surface area contributed by atoms with Gasteiger partial charge < -0.3 is 11.1 Å². The monoisotopic (exact) mass is 278 g/mol. The number of benzene rings is 1. The Hall–Kier alpha value is -1.69. The Balaban J connectivity index is 2.14. The number of fused-ring (bicyclic) bond motifs is 1. The van der Waals surface area contributed by atoms with Crippen LogP contribution in [0.3, 0.4) is 0 Å². The van der Waals surface area contributed by atoms with Crippen molar-refractivity contribution >= 4 is 33.5 Å². The van der Waals surface area contributed by atoms with Gasteiger partial charge in [0.1, 0.15) is 5.82 Å². The van der Waals surface area contributed by atoms with Crippen molar-refractivity contribution in [3.63, 3.8) is 0 Å². The van der Waals surface area contributed by atoms with E-state index in [1.807, 2.05) is 31.2 Å². The van der Waals surface area contributed by atoms with Gasteiger partial charge >= 0.3 is 0 Å². The molecule has 0 aliphatic rings. The Morgan fingerprint density at radius 1 is 1.37 bits per heavy atom. The lowest BCUT2D eigenvalue weighted by Gasteiger charge is -2.11. The first-order chi connectivity index (χ1) is 9.08. The number of nitrogen functional groups attached to an aromatic ring is 1. The maximum absolute atomic E-state index is 11.3. The molecule has 0 saturated heterocycles. The summed E-state index contributed by atoms with van der Waals surface area (Å²) in [5, 5.41) is 4.36. The van der Waals surface area contributed by atoms with Gasteiger partial charge in [0, 0.05) is 34.2 Å². The number of hydrogen-bond donors (Lipinski definition) is 2. The van der Waals surface area contributed by atoms with Gasteiger partial charge in [-0.3, -0.25) is 4.21 Å². The second-order valence-electron chi connectivity index (χ2n) is 4.47. The number of nitrogens with two attached hydrogens (primary N) is 1. The van der Waals surface area contributed by atoms with Crippen molar-refractivity contribution in [2.75, 3.05) is 23.9 Å². The van der Waals surface area contributed by atoms with E-state index in [1.54, 1.807) is 6.26 Å². The molecule has 0 bridgehead atoms. The first-order valence-corrected chi connectivity index (χ1v) is 7.78. The Morgan fingerprint density at radius 2 is 2.11 bits per heavy atom. The Bertz CT molecular complexity index is 602. The summed E-state index contributed by atoms with van der Waals surface area (Å²) in [6.45, 7) is 2.69. The van der Waals surface area contributed by atoms with Gasteiger partial charge in [-0.1, -0.05) is 19.1 Å². The Kier molecular flexibility index (Phi) is 4.31. The van der Waals surface area contributed by atoms with E-state index < -0.39 is 10.8 Å². The van der Waals surface area contributed by atoms with E-state index in [4.69, 9.17) is 5.73 Å². The molecule has 2 aromatic rings. The molecule has 0 spiro atoms. The number of aromatic nitrogens is 2. The molecule has 2 rings (SSSR count). The van der Waals surface area contributed by atoms with Gasteiger partial charge in [0.2, 0.25) is 5.95 Å². The zero-order valence-electron chi connectivity index (χ0n) is 11.1. The minimum atomic E-state index is -0.797. The molecule has 0 amide bonds. The maximum atomic E-state index is 11.3. The number of nitrogens with one attached hydrogen (secondary N) is 1. The lowest BCUT2D eigenvalue weighted by atomic mass is 10.2. The first-order valence-electron chi connectivity index (χ1n) is 6.16. The van der Waals surface area contributed by atoms with Crippen LogP contribution < -0.4 is 11.1 Å². The lowest BCUT2D eigenvalue weighted by molar-refractivity contribution is 0.672.